The topological polar surface area (TPSA) is 42.8 Å². The predicted octanol–water partition coefficient (Wildman–Crippen LogP) is 3.71. The van der Waals surface area contributed by atoms with Crippen LogP contribution >= 0.6 is 11.6 Å². The van der Waals surface area contributed by atoms with Crippen LogP contribution in [-0.4, -0.2) is 9.97 Å². The molecular formula is C15H12ClFN3+. The molecular weight excluding hydrogens is 277 g/mol. The fourth-order valence-corrected chi connectivity index (χ4v) is 2.62. The van der Waals surface area contributed by atoms with Crippen molar-refractivity contribution in [3.8, 4) is 11.3 Å². The summed E-state index contributed by atoms with van der Waals surface area (Å²) >= 11 is 6.24. The third-order valence-corrected chi connectivity index (χ3v) is 3.90. The van der Waals surface area contributed by atoms with Gasteiger partial charge in [0.2, 0.25) is 0 Å². The van der Waals surface area contributed by atoms with Crippen molar-refractivity contribution in [1.29, 1.82) is 0 Å². The van der Waals surface area contributed by atoms with Crippen molar-refractivity contribution in [3.05, 3.63) is 47.1 Å². The molecule has 3 nitrogen and oxygen atoms in total. The number of benzene rings is 1. The van der Waals surface area contributed by atoms with Crippen LogP contribution in [0.4, 0.5) is 4.39 Å². The van der Waals surface area contributed by atoms with Crippen LogP contribution in [0.2, 0.25) is 5.15 Å². The molecule has 0 aliphatic heterocycles. The molecule has 1 saturated carbocycles. The van der Waals surface area contributed by atoms with Gasteiger partial charge in [-0.2, -0.15) is 0 Å². The van der Waals surface area contributed by atoms with Gasteiger partial charge in [0.15, 0.2) is 11.0 Å². The lowest BCUT2D eigenvalue weighted by Crippen LogP contribution is -2.13. The number of aromatic amines is 2. The highest BCUT2D eigenvalue weighted by Gasteiger charge is 2.33. The highest BCUT2D eigenvalue weighted by atomic mass is 35.5. The van der Waals surface area contributed by atoms with Gasteiger partial charge in [0.05, 0.1) is 11.6 Å². The predicted molar refractivity (Wildman–Crippen MR) is 75.0 cm³/mol. The third-order valence-electron chi connectivity index (χ3n) is 3.62. The first kappa shape index (κ1) is 11.9. The molecule has 0 unspecified atom stereocenters. The zero-order chi connectivity index (χ0) is 13.7. The summed E-state index contributed by atoms with van der Waals surface area (Å²) in [7, 11) is 0. The van der Waals surface area contributed by atoms with Gasteiger partial charge in [-0.15, -0.1) is 0 Å². The molecule has 0 radical (unpaired) electrons. The van der Waals surface area contributed by atoms with Crippen LogP contribution in [-0.2, 0) is 0 Å². The Morgan fingerprint density at radius 3 is 2.70 bits per heavy atom. The number of aromatic nitrogens is 3. The number of halogens is 2. The van der Waals surface area contributed by atoms with Crippen molar-refractivity contribution in [3.63, 3.8) is 0 Å². The largest absolute Gasteiger partial charge is 0.347 e. The summed E-state index contributed by atoms with van der Waals surface area (Å²) in [6, 6.07) is 8.36. The first-order valence-corrected chi connectivity index (χ1v) is 6.96. The Morgan fingerprint density at radius 2 is 2.00 bits per heavy atom. The van der Waals surface area contributed by atoms with Crippen LogP contribution < -0.4 is 4.98 Å². The lowest BCUT2D eigenvalue weighted by atomic mass is 10.1. The fourth-order valence-electron chi connectivity index (χ4n) is 2.38. The van der Waals surface area contributed by atoms with Crippen LogP contribution in [0.25, 0.3) is 22.3 Å². The lowest BCUT2D eigenvalue weighted by Gasteiger charge is -1.96. The highest BCUT2D eigenvalue weighted by molar-refractivity contribution is 6.33. The second-order valence-corrected chi connectivity index (χ2v) is 5.52. The van der Waals surface area contributed by atoms with E-state index in [1.165, 1.54) is 25.0 Å². The van der Waals surface area contributed by atoms with Gasteiger partial charge in [-0.3, -0.25) is 0 Å². The van der Waals surface area contributed by atoms with E-state index in [2.05, 4.69) is 15.0 Å². The van der Waals surface area contributed by atoms with Crippen LogP contribution in [0.15, 0.2) is 30.3 Å². The number of hydrogen-bond donors (Lipinski definition) is 1. The maximum absolute atomic E-state index is 13.0. The zero-order valence-electron chi connectivity index (χ0n) is 10.6. The molecule has 1 aliphatic carbocycles. The molecule has 0 spiro atoms. The van der Waals surface area contributed by atoms with Gasteiger partial charge < -0.3 is 4.98 Å². The second-order valence-electron chi connectivity index (χ2n) is 5.17. The van der Waals surface area contributed by atoms with Crippen LogP contribution in [0.5, 0.6) is 0 Å². The van der Waals surface area contributed by atoms with E-state index in [0.717, 1.165) is 28.1 Å². The minimum absolute atomic E-state index is 0.243. The van der Waals surface area contributed by atoms with Gasteiger partial charge in [0.25, 0.3) is 5.15 Å². The van der Waals surface area contributed by atoms with Crippen molar-refractivity contribution >= 4 is 22.6 Å². The first-order valence-electron chi connectivity index (χ1n) is 6.58. The van der Waals surface area contributed by atoms with Crippen LogP contribution in [0.3, 0.4) is 0 Å². The fraction of sp³-hybridized carbons (Fsp3) is 0.200. The average molecular weight is 289 g/mol. The molecule has 3 aromatic rings. The Kier molecular flexibility index (Phi) is 2.54. The van der Waals surface area contributed by atoms with Crippen molar-refractivity contribution in [2.24, 2.45) is 0 Å². The van der Waals surface area contributed by atoms with Crippen molar-refractivity contribution in [1.82, 2.24) is 9.97 Å². The van der Waals surface area contributed by atoms with E-state index in [9.17, 15) is 4.39 Å². The first-order chi connectivity index (χ1) is 9.70. The SMILES string of the molecule is Fc1ccc(-c2cc3[nH+]c(C4CC4)nc(Cl)c3[nH]2)cc1. The Bertz CT molecular complexity index is 791. The normalized spacial score (nSPS) is 14.9. The van der Waals surface area contributed by atoms with E-state index in [4.69, 9.17) is 11.6 Å². The van der Waals surface area contributed by atoms with Crippen LogP contribution in [0.1, 0.15) is 24.6 Å². The summed E-state index contributed by atoms with van der Waals surface area (Å²) in [5, 5.41) is 0.481. The number of nitrogens with one attached hydrogen (secondary N) is 2. The molecule has 2 heterocycles. The molecule has 2 N–H and O–H groups in total. The van der Waals surface area contributed by atoms with E-state index >= 15 is 0 Å². The Labute approximate surface area is 119 Å². The Morgan fingerprint density at radius 1 is 1.25 bits per heavy atom. The summed E-state index contributed by atoms with van der Waals surface area (Å²) in [4.78, 5) is 11.0. The number of hydrogen-bond acceptors (Lipinski definition) is 1. The Balaban J connectivity index is 1.85. The number of H-pyrrole nitrogens is 2. The summed E-state index contributed by atoms with van der Waals surface area (Å²) in [5.74, 6) is 1.22. The molecule has 5 heteroatoms. The van der Waals surface area contributed by atoms with Crippen molar-refractivity contribution in [2.45, 2.75) is 18.8 Å². The maximum Gasteiger partial charge on any atom is 0.301 e. The molecule has 20 heavy (non-hydrogen) atoms. The number of fused-ring (bicyclic) bond motifs is 1. The Hall–Kier alpha value is -1.94. The number of nitrogens with zero attached hydrogens (tertiary/aromatic N) is 1. The number of rotatable bonds is 2. The molecule has 0 saturated heterocycles. The molecule has 4 rings (SSSR count). The highest BCUT2D eigenvalue weighted by Crippen LogP contribution is 2.38. The van der Waals surface area contributed by atoms with Crippen molar-refractivity contribution in [2.75, 3.05) is 0 Å². The van der Waals surface area contributed by atoms with E-state index in [1.807, 2.05) is 6.07 Å². The average Bonchev–Trinajstić information content (AvgIpc) is 3.19. The molecule has 1 aromatic carbocycles. The van der Waals surface area contributed by atoms with Gasteiger partial charge in [0.1, 0.15) is 5.82 Å². The van der Waals surface area contributed by atoms with E-state index in [1.54, 1.807) is 12.1 Å². The zero-order valence-corrected chi connectivity index (χ0v) is 11.3. The minimum atomic E-state index is -0.243. The summed E-state index contributed by atoms with van der Waals surface area (Å²) in [6.07, 6.45) is 2.33. The molecule has 2 aromatic heterocycles. The summed E-state index contributed by atoms with van der Waals surface area (Å²) in [6.45, 7) is 0. The van der Waals surface area contributed by atoms with Gasteiger partial charge in [-0.05, 0) is 59.3 Å². The maximum atomic E-state index is 13.0. The minimum Gasteiger partial charge on any atom is -0.347 e. The summed E-state index contributed by atoms with van der Waals surface area (Å²) in [5.41, 5.74) is 3.54. The smallest absolute Gasteiger partial charge is 0.301 e. The standard InChI is InChI=1S/C15H11ClFN3/c16-14-13-12(19-15(20-14)9-1-2-9)7-11(18-13)8-3-5-10(17)6-4-8/h3-7,9,18H,1-2H2/p+1. The molecule has 0 amide bonds. The lowest BCUT2D eigenvalue weighted by molar-refractivity contribution is -0.363. The van der Waals surface area contributed by atoms with E-state index in [-0.39, 0.29) is 5.82 Å². The van der Waals surface area contributed by atoms with E-state index in [0.29, 0.717) is 11.1 Å². The van der Waals surface area contributed by atoms with Gasteiger partial charge in [0, 0.05) is 6.07 Å². The van der Waals surface area contributed by atoms with E-state index < -0.39 is 0 Å². The quantitative estimate of drug-likeness (QED) is 0.718. The molecule has 1 fully saturated rings. The second kappa shape index (κ2) is 4.28. The van der Waals surface area contributed by atoms with Gasteiger partial charge >= 0.3 is 5.82 Å². The van der Waals surface area contributed by atoms with Gasteiger partial charge in [-0.25, -0.2) is 9.37 Å². The summed E-state index contributed by atoms with van der Waals surface area (Å²) < 4.78 is 13.0. The molecule has 1 aliphatic rings. The van der Waals surface area contributed by atoms with Gasteiger partial charge in [-0.1, -0.05) is 0 Å². The van der Waals surface area contributed by atoms with Crippen LogP contribution in [0, 0.1) is 5.82 Å². The van der Waals surface area contributed by atoms with Crippen molar-refractivity contribution < 1.29 is 9.37 Å². The molecule has 0 atom stereocenters. The molecule has 100 valence electrons. The third kappa shape index (κ3) is 1.96. The monoisotopic (exact) mass is 288 g/mol. The molecule has 0 bridgehead atoms.